The molecule has 0 saturated carbocycles. The van der Waals surface area contributed by atoms with Crippen LogP contribution in [-0.2, 0) is 9.59 Å². The zero-order valence-electron chi connectivity index (χ0n) is 10.3. The van der Waals surface area contributed by atoms with Gasteiger partial charge >= 0.3 is 5.97 Å². The first-order valence-electron chi connectivity index (χ1n) is 5.83. The van der Waals surface area contributed by atoms with Crippen molar-refractivity contribution in [1.82, 2.24) is 5.32 Å². The minimum atomic E-state index is -1.05. The van der Waals surface area contributed by atoms with Gasteiger partial charge in [-0.1, -0.05) is 30.3 Å². The van der Waals surface area contributed by atoms with E-state index in [1.165, 1.54) is 6.92 Å². The summed E-state index contributed by atoms with van der Waals surface area (Å²) in [5, 5.41) is 11.0. The molecule has 0 aliphatic carbocycles. The fourth-order valence-corrected chi connectivity index (χ4v) is 1.53. The molecule has 0 spiro atoms. The number of carbonyl (C=O) groups excluding carboxylic acids is 1. The number of benzene rings is 1. The fourth-order valence-electron chi connectivity index (χ4n) is 1.53. The summed E-state index contributed by atoms with van der Waals surface area (Å²) in [7, 11) is 0. The highest BCUT2D eigenvalue weighted by Gasteiger charge is 2.15. The lowest BCUT2D eigenvalue weighted by Crippen LogP contribution is -2.38. The predicted molar refractivity (Wildman–Crippen MR) is 67.8 cm³/mol. The van der Waals surface area contributed by atoms with Gasteiger partial charge in [-0.3, -0.25) is 9.59 Å². The Hall–Kier alpha value is -1.88. The fraction of sp³-hybridized carbons (Fsp3) is 0.385. The molecule has 5 nitrogen and oxygen atoms in total. The van der Waals surface area contributed by atoms with Crippen LogP contribution in [0, 0.1) is 0 Å². The van der Waals surface area contributed by atoms with Crippen LogP contribution in [0.3, 0.4) is 0 Å². The van der Waals surface area contributed by atoms with Crippen LogP contribution in [0.25, 0.3) is 0 Å². The molecule has 2 atom stereocenters. The van der Waals surface area contributed by atoms with Gasteiger partial charge in [0.25, 0.3) is 0 Å². The largest absolute Gasteiger partial charge is 0.480 e. The molecule has 0 heterocycles. The molecule has 98 valence electrons. The molecule has 1 rings (SSSR count). The van der Waals surface area contributed by atoms with Gasteiger partial charge in [-0.05, 0) is 18.9 Å². The van der Waals surface area contributed by atoms with Gasteiger partial charge < -0.3 is 16.2 Å². The lowest BCUT2D eigenvalue weighted by atomic mass is 10.0. The van der Waals surface area contributed by atoms with Crippen molar-refractivity contribution in [2.24, 2.45) is 5.73 Å². The van der Waals surface area contributed by atoms with Crippen LogP contribution in [0.15, 0.2) is 30.3 Å². The summed E-state index contributed by atoms with van der Waals surface area (Å²) in [5.41, 5.74) is 6.91. The van der Waals surface area contributed by atoms with E-state index in [0.29, 0.717) is 6.42 Å². The molecular weight excluding hydrogens is 232 g/mol. The van der Waals surface area contributed by atoms with Gasteiger partial charge in [-0.2, -0.15) is 0 Å². The lowest BCUT2D eigenvalue weighted by Gasteiger charge is -2.13. The highest BCUT2D eigenvalue weighted by molar-refractivity contribution is 5.83. The minimum absolute atomic E-state index is 0.211. The van der Waals surface area contributed by atoms with Crippen LogP contribution in [0.2, 0.25) is 0 Å². The number of carboxylic acids is 1. The van der Waals surface area contributed by atoms with Crippen LogP contribution in [0.4, 0.5) is 0 Å². The van der Waals surface area contributed by atoms with E-state index < -0.39 is 12.0 Å². The Labute approximate surface area is 106 Å². The van der Waals surface area contributed by atoms with E-state index in [0.717, 1.165) is 5.56 Å². The Morgan fingerprint density at radius 3 is 2.50 bits per heavy atom. The summed E-state index contributed by atoms with van der Waals surface area (Å²) in [6.07, 6.45) is 0.704. The van der Waals surface area contributed by atoms with Crippen LogP contribution < -0.4 is 11.1 Å². The maximum absolute atomic E-state index is 11.5. The molecule has 0 radical (unpaired) electrons. The molecule has 1 aromatic carbocycles. The van der Waals surface area contributed by atoms with Crippen molar-refractivity contribution in [3.8, 4) is 0 Å². The van der Waals surface area contributed by atoms with Crippen molar-refractivity contribution in [1.29, 1.82) is 0 Å². The van der Waals surface area contributed by atoms with Crippen molar-refractivity contribution in [2.45, 2.75) is 31.8 Å². The number of hydrogen-bond donors (Lipinski definition) is 3. The monoisotopic (exact) mass is 250 g/mol. The standard InChI is InChI=1S/C13H18N2O3/c1-9(13(17)18)15-12(16)8-7-11(14)10-5-3-2-4-6-10/h2-6,9,11H,7-8,14H2,1H3,(H,15,16)(H,17,18). The maximum atomic E-state index is 11.5. The van der Waals surface area contributed by atoms with E-state index >= 15 is 0 Å². The molecule has 2 unspecified atom stereocenters. The molecule has 0 aromatic heterocycles. The van der Waals surface area contributed by atoms with Gasteiger partial charge in [0.15, 0.2) is 0 Å². The molecule has 1 amide bonds. The molecule has 0 fully saturated rings. The topological polar surface area (TPSA) is 92.4 Å². The first-order valence-corrected chi connectivity index (χ1v) is 5.83. The second-order valence-electron chi connectivity index (χ2n) is 4.18. The normalized spacial score (nSPS) is 13.7. The van der Waals surface area contributed by atoms with Crippen molar-refractivity contribution in [3.63, 3.8) is 0 Å². The van der Waals surface area contributed by atoms with E-state index in [4.69, 9.17) is 10.8 Å². The number of carboxylic acid groups (broad SMARTS) is 1. The smallest absolute Gasteiger partial charge is 0.325 e. The van der Waals surface area contributed by atoms with Gasteiger partial charge in [-0.25, -0.2) is 0 Å². The molecule has 0 aliphatic heterocycles. The third-order valence-corrected chi connectivity index (χ3v) is 2.66. The summed E-state index contributed by atoms with van der Waals surface area (Å²) >= 11 is 0. The summed E-state index contributed by atoms with van der Waals surface area (Å²) in [5.74, 6) is -1.34. The predicted octanol–water partition coefficient (Wildman–Crippen LogP) is 1.06. The molecular formula is C13H18N2O3. The van der Waals surface area contributed by atoms with Crippen LogP contribution in [-0.4, -0.2) is 23.0 Å². The number of amides is 1. The molecule has 0 bridgehead atoms. The summed E-state index contributed by atoms with van der Waals surface area (Å²) in [6.45, 7) is 1.43. The number of carbonyl (C=O) groups is 2. The van der Waals surface area contributed by atoms with Crippen molar-refractivity contribution < 1.29 is 14.7 Å². The van der Waals surface area contributed by atoms with E-state index in [2.05, 4.69) is 5.32 Å². The van der Waals surface area contributed by atoms with Gasteiger partial charge in [0.1, 0.15) is 6.04 Å². The second kappa shape index (κ2) is 6.76. The molecule has 5 heteroatoms. The third-order valence-electron chi connectivity index (χ3n) is 2.66. The van der Waals surface area contributed by atoms with Gasteiger partial charge in [-0.15, -0.1) is 0 Å². The van der Waals surface area contributed by atoms with E-state index in [9.17, 15) is 9.59 Å². The van der Waals surface area contributed by atoms with Gasteiger partial charge in [0.2, 0.25) is 5.91 Å². The molecule has 0 aliphatic rings. The second-order valence-corrected chi connectivity index (χ2v) is 4.18. The molecule has 18 heavy (non-hydrogen) atoms. The Bertz CT molecular complexity index is 406. The van der Waals surface area contributed by atoms with Gasteiger partial charge in [0, 0.05) is 12.5 Å². The quantitative estimate of drug-likeness (QED) is 0.703. The SMILES string of the molecule is CC(NC(=O)CCC(N)c1ccccc1)C(=O)O. The summed E-state index contributed by atoms with van der Waals surface area (Å²) in [6, 6.07) is 8.41. The molecule has 1 aromatic rings. The van der Waals surface area contributed by atoms with E-state index in [1.807, 2.05) is 30.3 Å². The average molecular weight is 250 g/mol. The zero-order chi connectivity index (χ0) is 13.5. The number of nitrogens with one attached hydrogen (secondary N) is 1. The molecule has 0 saturated heterocycles. The Morgan fingerprint density at radius 1 is 1.33 bits per heavy atom. The summed E-state index contributed by atoms with van der Waals surface area (Å²) < 4.78 is 0. The Balaban J connectivity index is 2.37. The number of hydrogen-bond acceptors (Lipinski definition) is 3. The first kappa shape index (κ1) is 14.2. The first-order chi connectivity index (χ1) is 8.50. The van der Waals surface area contributed by atoms with Crippen LogP contribution in [0.1, 0.15) is 31.4 Å². The lowest BCUT2D eigenvalue weighted by molar-refractivity contribution is -0.141. The average Bonchev–Trinajstić information content (AvgIpc) is 2.36. The maximum Gasteiger partial charge on any atom is 0.325 e. The third kappa shape index (κ3) is 4.55. The van der Waals surface area contributed by atoms with Crippen LogP contribution >= 0.6 is 0 Å². The number of nitrogens with two attached hydrogens (primary N) is 1. The van der Waals surface area contributed by atoms with E-state index in [-0.39, 0.29) is 18.4 Å². The number of rotatable bonds is 6. The highest BCUT2D eigenvalue weighted by atomic mass is 16.4. The minimum Gasteiger partial charge on any atom is -0.480 e. The Kier molecular flexibility index (Phi) is 5.32. The number of aliphatic carboxylic acids is 1. The van der Waals surface area contributed by atoms with Crippen molar-refractivity contribution in [2.75, 3.05) is 0 Å². The van der Waals surface area contributed by atoms with Gasteiger partial charge in [0.05, 0.1) is 0 Å². The summed E-state index contributed by atoms with van der Waals surface area (Å²) in [4.78, 5) is 22.0. The van der Waals surface area contributed by atoms with E-state index in [1.54, 1.807) is 0 Å². The zero-order valence-corrected chi connectivity index (χ0v) is 10.3. The molecule has 4 N–H and O–H groups in total. The Morgan fingerprint density at radius 2 is 1.94 bits per heavy atom. The van der Waals surface area contributed by atoms with Crippen molar-refractivity contribution in [3.05, 3.63) is 35.9 Å². The highest BCUT2D eigenvalue weighted by Crippen LogP contribution is 2.14. The van der Waals surface area contributed by atoms with Crippen molar-refractivity contribution >= 4 is 11.9 Å². The van der Waals surface area contributed by atoms with Crippen LogP contribution in [0.5, 0.6) is 0 Å².